The van der Waals surface area contributed by atoms with Gasteiger partial charge in [0.2, 0.25) is 0 Å². The van der Waals surface area contributed by atoms with E-state index < -0.39 is 17.8 Å². The van der Waals surface area contributed by atoms with Crippen LogP contribution in [0.5, 0.6) is 0 Å². The molecule has 0 aliphatic rings. The summed E-state index contributed by atoms with van der Waals surface area (Å²) in [5, 5.41) is 5.42. The Morgan fingerprint density at radius 2 is 1.86 bits per heavy atom. The number of urea groups is 1. The van der Waals surface area contributed by atoms with Crippen molar-refractivity contribution in [2.45, 2.75) is 45.8 Å². The van der Waals surface area contributed by atoms with Gasteiger partial charge in [-0.25, -0.2) is 4.79 Å². The van der Waals surface area contributed by atoms with Crippen LogP contribution in [0.25, 0.3) is 0 Å². The average molecular weight is 316 g/mol. The predicted octanol–water partition coefficient (Wildman–Crippen LogP) is 4.50. The number of carbonyl (C=O) groups excluding carboxylic acids is 1. The SMILES string of the molecule is CCC(CC)CNC(=O)NC(C)c1cccc(C(F)(F)F)c1. The molecule has 2 amide bonds. The second-order valence-electron chi connectivity index (χ2n) is 5.38. The fourth-order valence-corrected chi connectivity index (χ4v) is 2.13. The standard InChI is InChI=1S/C16H23F3N2O/c1-4-12(5-2)10-20-15(22)21-11(3)13-7-6-8-14(9-13)16(17,18)19/h6-9,11-12H,4-5,10H2,1-3H3,(H2,20,21,22). The van der Waals surface area contributed by atoms with Crippen LogP contribution in [-0.2, 0) is 6.18 Å². The van der Waals surface area contributed by atoms with Crippen molar-refractivity contribution in [3.05, 3.63) is 35.4 Å². The number of alkyl halides is 3. The van der Waals surface area contributed by atoms with Crippen LogP contribution in [0.15, 0.2) is 24.3 Å². The lowest BCUT2D eigenvalue weighted by Crippen LogP contribution is -2.39. The molecule has 0 aliphatic carbocycles. The monoisotopic (exact) mass is 316 g/mol. The maximum absolute atomic E-state index is 12.7. The van der Waals surface area contributed by atoms with Gasteiger partial charge in [-0.15, -0.1) is 0 Å². The predicted molar refractivity (Wildman–Crippen MR) is 80.5 cm³/mol. The number of halogens is 3. The van der Waals surface area contributed by atoms with Gasteiger partial charge in [0.05, 0.1) is 11.6 Å². The van der Waals surface area contributed by atoms with E-state index in [0.717, 1.165) is 25.0 Å². The Kier molecular flexibility index (Phi) is 6.71. The highest BCUT2D eigenvalue weighted by molar-refractivity contribution is 5.74. The first-order valence-corrected chi connectivity index (χ1v) is 7.49. The van der Waals surface area contributed by atoms with E-state index in [1.165, 1.54) is 6.07 Å². The molecule has 22 heavy (non-hydrogen) atoms. The second kappa shape index (κ2) is 8.06. The molecule has 0 bridgehead atoms. The normalized spacial score (nSPS) is 13.0. The summed E-state index contributed by atoms with van der Waals surface area (Å²) in [5.41, 5.74) is -0.288. The lowest BCUT2D eigenvalue weighted by atomic mass is 10.0. The number of hydrogen-bond donors (Lipinski definition) is 2. The van der Waals surface area contributed by atoms with E-state index in [1.807, 2.05) is 0 Å². The average Bonchev–Trinajstić information content (AvgIpc) is 2.47. The Labute approximate surface area is 129 Å². The van der Waals surface area contributed by atoms with E-state index in [-0.39, 0.29) is 6.03 Å². The van der Waals surface area contributed by atoms with Gasteiger partial charge in [-0.3, -0.25) is 0 Å². The third-order valence-corrected chi connectivity index (χ3v) is 3.77. The Bertz CT molecular complexity index is 485. The molecule has 3 nitrogen and oxygen atoms in total. The molecule has 0 spiro atoms. The van der Waals surface area contributed by atoms with Crippen LogP contribution in [-0.4, -0.2) is 12.6 Å². The van der Waals surface area contributed by atoms with Crippen molar-refractivity contribution in [2.24, 2.45) is 5.92 Å². The molecule has 124 valence electrons. The van der Waals surface area contributed by atoms with E-state index in [2.05, 4.69) is 24.5 Å². The lowest BCUT2D eigenvalue weighted by molar-refractivity contribution is -0.137. The summed E-state index contributed by atoms with van der Waals surface area (Å²) in [4.78, 5) is 11.8. The molecule has 0 aromatic heterocycles. The summed E-state index contributed by atoms with van der Waals surface area (Å²) in [6, 6.07) is 4.13. The molecular formula is C16H23F3N2O. The van der Waals surface area contributed by atoms with Crippen LogP contribution >= 0.6 is 0 Å². The number of amides is 2. The molecule has 1 aromatic rings. The Morgan fingerprint density at radius 1 is 1.23 bits per heavy atom. The van der Waals surface area contributed by atoms with Crippen molar-refractivity contribution in [1.29, 1.82) is 0 Å². The van der Waals surface area contributed by atoms with Gasteiger partial charge in [0.1, 0.15) is 0 Å². The van der Waals surface area contributed by atoms with Crippen molar-refractivity contribution in [3.8, 4) is 0 Å². The van der Waals surface area contributed by atoms with E-state index >= 15 is 0 Å². The molecule has 1 atom stereocenters. The van der Waals surface area contributed by atoms with Gasteiger partial charge in [0.15, 0.2) is 0 Å². The van der Waals surface area contributed by atoms with E-state index in [1.54, 1.807) is 13.0 Å². The van der Waals surface area contributed by atoms with E-state index in [4.69, 9.17) is 0 Å². The van der Waals surface area contributed by atoms with Gasteiger partial charge in [-0.05, 0) is 30.5 Å². The van der Waals surface area contributed by atoms with Crippen LogP contribution in [0.3, 0.4) is 0 Å². The van der Waals surface area contributed by atoms with Gasteiger partial charge in [0.25, 0.3) is 0 Å². The fourth-order valence-electron chi connectivity index (χ4n) is 2.13. The number of nitrogens with one attached hydrogen (secondary N) is 2. The minimum absolute atomic E-state index is 0.364. The summed E-state index contributed by atoms with van der Waals surface area (Å²) in [6.07, 6.45) is -2.44. The Hall–Kier alpha value is -1.72. The molecule has 0 fully saturated rings. The van der Waals surface area contributed by atoms with E-state index in [0.29, 0.717) is 18.0 Å². The molecule has 0 heterocycles. The molecule has 6 heteroatoms. The molecule has 0 radical (unpaired) electrons. The molecule has 1 aromatic carbocycles. The minimum Gasteiger partial charge on any atom is -0.338 e. The third kappa shape index (κ3) is 5.58. The first-order chi connectivity index (χ1) is 10.3. The summed E-state index contributed by atoms with van der Waals surface area (Å²) in [6.45, 7) is 6.33. The van der Waals surface area contributed by atoms with Crippen molar-refractivity contribution in [1.82, 2.24) is 10.6 Å². The van der Waals surface area contributed by atoms with Crippen LogP contribution in [0.1, 0.15) is 50.8 Å². The first kappa shape index (κ1) is 18.3. The summed E-state index contributed by atoms with van der Waals surface area (Å²) in [5.74, 6) is 0.412. The van der Waals surface area contributed by atoms with Crippen LogP contribution < -0.4 is 10.6 Å². The lowest BCUT2D eigenvalue weighted by Gasteiger charge is -2.18. The highest BCUT2D eigenvalue weighted by Gasteiger charge is 2.30. The van der Waals surface area contributed by atoms with E-state index in [9.17, 15) is 18.0 Å². The van der Waals surface area contributed by atoms with Crippen molar-refractivity contribution in [3.63, 3.8) is 0 Å². The first-order valence-electron chi connectivity index (χ1n) is 7.49. The number of hydrogen-bond acceptors (Lipinski definition) is 1. The number of rotatable bonds is 6. The second-order valence-corrected chi connectivity index (χ2v) is 5.38. The largest absolute Gasteiger partial charge is 0.416 e. The zero-order valence-electron chi connectivity index (χ0n) is 13.1. The third-order valence-electron chi connectivity index (χ3n) is 3.77. The minimum atomic E-state index is -4.38. The molecule has 1 unspecified atom stereocenters. The van der Waals surface area contributed by atoms with Crippen molar-refractivity contribution >= 4 is 6.03 Å². The quantitative estimate of drug-likeness (QED) is 0.797. The molecular weight excluding hydrogens is 293 g/mol. The van der Waals surface area contributed by atoms with Gasteiger partial charge in [0, 0.05) is 6.54 Å². The van der Waals surface area contributed by atoms with Gasteiger partial charge >= 0.3 is 12.2 Å². The Balaban J connectivity index is 2.61. The summed E-state index contributed by atoms with van der Waals surface area (Å²) >= 11 is 0. The smallest absolute Gasteiger partial charge is 0.338 e. The van der Waals surface area contributed by atoms with Crippen molar-refractivity contribution in [2.75, 3.05) is 6.54 Å². The topological polar surface area (TPSA) is 41.1 Å². The summed E-state index contributed by atoms with van der Waals surface area (Å²) < 4.78 is 38.0. The zero-order valence-corrected chi connectivity index (χ0v) is 13.1. The molecule has 0 aliphatic heterocycles. The maximum atomic E-state index is 12.7. The fraction of sp³-hybridized carbons (Fsp3) is 0.562. The maximum Gasteiger partial charge on any atom is 0.416 e. The highest BCUT2D eigenvalue weighted by Crippen LogP contribution is 2.30. The molecule has 0 saturated carbocycles. The highest BCUT2D eigenvalue weighted by atomic mass is 19.4. The van der Waals surface area contributed by atoms with Crippen LogP contribution in [0.4, 0.5) is 18.0 Å². The molecule has 2 N–H and O–H groups in total. The van der Waals surface area contributed by atoms with Gasteiger partial charge in [-0.2, -0.15) is 13.2 Å². The summed E-state index contributed by atoms with van der Waals surface area (Å²) in [7, 11) is 0. The number of benzene rings is 1. The van der Waals surface area contributed by atoms with Crippen LogP contribution in [0.2, 0.25) is 0 Å². The zero-order chi connectivity index (χ0) is 16.8. The van der Waals surface area contributed by atoms with Crippen LogP contribution in [0, 0.1) is 5.92 Å². The van der Waals surface area contributed by atoms with Crippen molar-refractivity contribution < 1.29 is 18.0 Å². The van der Waals surface area contributed by atoms with Gasteiger partial charge in [-0.1, -0.05) is 38.8 Å². The molecule has 0 saturated heterocycles. The number of carbonyl (C=O) groups is 1. The molecule has 1 rings (SSSR count). The van der Waals surface area contributed by atoms with Gasteiger partial charge < -0.3 is 10.6 Å². The Morgan fingerprint density at radius 3 is 2.41 bits per heavy atom.